The Balaban J connectivity index is 1.74. The fraction of sp³-hybridized carbons (Fsp3) is 0.500. The Kier molecular flexibility index (Phi) is 2.65. The normalized spacial score (nSPS) is 19.3. The molecule has 2 radical (unpaired) electrons. The lowest BCUT2D eigenvalue weighted by Crippen LogP contribution is -2.53. The van der Waals surface area contributed by atoms with E-state index in [-0.39, 0.29) is 17.4 Å². The molecule has 0 unspecified atom stereocenters. The number of nitrogens with zero attached hydrogens (tertiary/aromatic N) is 2. The second-order valence-corrected chi connectivity index (χ2v) is 4.95. The lowest BCUT2D eigenvalue weighted by Gasteiger charge is -2.41. The van der Waals surface area contributed by atoms with E-state index in [4.69, 9.17) is 7.85 Å². The van der Waals surface area contributed by atoms with Crippen LogP contribution in [0.15, 0.2) is 16.9 Å². The third kappa shape index (κ3) is 1.91. The molecular weight excluding hydrogens is 229 g/mol. The topological polar surface area (TPSA) is 56.4 Å². The van der Waals surface area contributed by atoms with Crippen LogP contribution in [0.3, 0.4) is 0 Å². The summed E-state index contributed by atoms with van der Waals surface area (Å²) in [6.45, 7) is 2.45. The van der Waals surface area contributed by atoms with Gasteiger partial charge in [0.2, 0.25) is 5.56 Å². The molecule has 2 amide bonds. The number of hydrogen-bond acceptors (Lipinski definition) is 2. The summed E-state index contributed by atoms with van der Waals surface area (Å²) < 4.78 is 0. The molecule has 1 saturated heterocycles. The Morgan fingerprint density at radius 3 is 2.83 bits per heavy atom. The number of aromatic nitrogens is 1. The first-order valence-corrected chi connectivity index (χ1v) is 6.14. The van der Waals surface area contributed by atoms with E-state index < -0.39 is 0 Å². The molecule has 1 N–H and O–H groups in total. The van der Waals surface area contributed by atoms with Crippen LogP contribution in [-0.2, 0) is 13.0 Å². The Morgan fingerprint density at radius 1 is 1.33 bits per heavy atom. The molecule has 6 heteroatoms. The molecule has 18 heavy (non-hydrogen) atoms. The van der Waals surface area contributed by atoms with Crippen LogP contribution in [-0.4, -0.2) is 48.3 Å². The highest BCUT2D eigenvalue weighted by molar-refractivity contribution is 6.13. The van der Waals surface area contributed by atoms with Gasteiger partial charge in [0.25, 0.3) is 0 Å². The number of H-pyrrole nitrogens is 1. The van der Waals surface area contributed by atoms with Crippen molar-refractivity contribution in [2.45, 2.75) is 18.8 Å². The molecule has 0 aliphatic carbocycles. The van der Waals surface area contributed by atoms with Crippen LogP contribution in [0.4, 0.5) is 4.79 Å². The number of amides is 2. The molecule has 0 atom stereocenters. The lowest BCUT2D eigenvalue weighted by molar-refractivity contribution is 0.122. The largest absolute Gasteiger partial charge is 0.325 e. The number of rotatable bonds is 0. The number of aromatic amines is 1. The third-order valence-corrected chi connectivity index (χ3v) is 3.55. The first-order chi connectivity index (χ1) is 8.63. The van der Waals surface area contributed by atoms with Gasteiger partial charge in [-0.25, -0.2) is 4.79 Å². The molecule has 1 fully saturated rings. The first kappa shape index (κ1) is 11.4. The summed E-state index contributed by atoms with van der Waals surface area (Å²) in [6, 6.07) is 3.40. The van der Waals surface area contributed by atoms with Crippen molar-refractivity contribution in [2.75, 3.05) is 19.6 Å². The van der Waals surface area contributed by atoms with Gasteiger partial charge < -0.3 is 14.8 Å². The van der Waals surface area contributed by atoms with Gasteiger partial charge in [-0.2, -0.15) is 0 Å². The van der Waals surface area contributed by atoms with Crippen molar-refractivity contribution in [1.82, 2.24) is 14.8 Å². The first-order valence-electron chi connectivity index (χ1n) is 6.14. The van der Waals surface area contributed by atoms with Crippen LogP contribution < -0.4 is 5.56 Å². The van der Waals surface area contributed by atoms with Crippen LogP contribution >= 0.6 is 0 Å². The van der Waals surface area contributed by atoms with Crippen molar-refractivity contribution < 1.29 is 4.79 Å². The van der Waals surface area contributed by atoms with Crippen molar-refractivity contribution in [1.29, 1.82) is 0 Å². The fourth-order valence-electron chi connectivity index (χ4n) is 2.48. The van der Waals surface area contributed by atoms with Gasteiger partial charge in [-0.05, 0) is 17.8 Å². The minimum Gasteiger partial charge on any atom is -0.325 e. The van der Waals surface area contributed by atoms with Crippen molar-refractivity contribution in [3.05, 3.63) is 33.7 Å². The lowest BCUT2D eigenvalue weighted by atomic mass is 9.81. The average Bonchev–Trinajstić information content (AvgIpc) is 2.33. The maximum atomic E-state index is 12.1. The molecule has 2 aliphatic rings. The summed E-state index contributed by atoms with van der Waals surface area (Å²) in [5.74, 6) is 0.117. The maximum absolute atomic E-state index is 12.1. The quantitative estimate of drug-likeness (QED) is 0.658. The van der Waals surface area contributed by atoms with Crippen molar-refractivity contribution in [3.8, 4) is 0 Å². The van der Waals surface area contributed by atoms with Crippen molar-refractivity contribution >= 4 is 13.9 Å². The molecule has 5 nitrogen and oxygen atoms in total. The summed E-state index contributed by atoms with van der Waals surface area (Å²) in [6.07, 6.45) is 0.789. The number of nitrogens with one attached hydrogen (secondary N) is 1. The fourth-order valence-corrected chi connectivity index (χ4v) is 2.48. The predicted molar refractivity (Wildman–Crippen MR) is 67.6 cm³/mol. The monoisotopic (exact) mass is 243 g/mol. The Bertz CT molecular complexity index is 536. The van der Waals surface area contributed by atoms with E-state index in [2.05, 4.69) is 4.98 Å². The zero-order valence-electron chi connectivity index (χ0n) is 10.1. The third-order valence-electron chi connectivity index (χ3n) is 3.55. The van der Waals surface area contributed by atoms with E-state index in [0.717, 1.165) is 17.7 Å². The van der Waals surface area contributed by atoms with E-state index in [1.807, 2.05) is 6.07 Å². The van der Waals surface area contributed by atoms with Gasteiger partial charge in [0.1, 0.15) is 0 Å². The Morgan fingerprint density at radius 2 is 2.11 bits per heavy atom. The van der Waals surface area contributed by atoms with Crippen molar-refractivity contribution in [2.24, 2.45) is 0 Å². The number of fused-ring (bicyclic) bond motifs is 1. The molecule has 3 rings (SSSR count). The molecule has 0 spiro atoms. The van der Waals surface area contributed by atoms with E-state index >= 15 is 0 Å². The zero-order valence-corrected chi connectivity index (χ0v) is 10.1. The molecular formula is C12H14BN3O2. The van der Waals surface area contributed by atoms with Gasteiger partial charge in [-0.15, -0.1) is 0 Å². The van der Waals surface area contributed by atoms with E-state index in [0.29, 0.717) is 26.2 Å². The summed E-state index contributed by atoms with van der Waals surface area (Å²) in [5.41, 5.74) is 1.86. The van der Waals surface area contributed by atoms with E-state index in [1.54, 1.807) is 9.80 Å². The minimum atomic E-state index is -0.117. The number of hydrogen-bond donors (Lipinski definition) is 1. The van der Waals surface area contributed by atoms with Crippen LogP contribution in [0.5, 0.6) is 0 Å². The van der Waals surface area contributed by atoms with Crippen LogP contribution in [0.1, 0.15) is 11.3 Å². The highest BCUT2D eigenvalue weighted by Crippen LogP contribution is 2.22. The number of likely N-dealkylation sites (tertiary alicyclic amines) is 1. The standard InChI is InChI=1S/C12H14BN3O2/c13-9-5-16(6-9)12(18)15-4-3-8-1-2-11(17)14-10(8)7-15/h1-2,9H,3-7H2,(H,14,17). The Labute approximate surface area is 106 Å². The van der Waals surface area contributed by atoms with Gasteiger partial charge in [-0.3, -0.25) is 4.79 Å². The molecule has 3 heterocycles. The highest BCUT2D eigenvalue weighted by Gasteiger charge is 2.31. The van der Waals surface area contributed by atoms with Gasteiger partial charge in [0.15, 0.2) is 0 Å². The minimum absolute atomic E-state index is 0.0204. The second kappa shape index (κ2) is 4.19. The molecule has 0 saturated carbocycles. The number of pyridine rings is 1. The highest BCUT2D eigenvalue weighted by atomic mass is 16.2. The summed E-state index contributed by atoms with van der Waals surface area (Å²) in [4.78, 5) is 29.7. The van der Waals surface area contributed by atoms with Crippen LogP contribution in [0.2, 0.25) is 5.82 Å². The zero-order chi connectivity index (χ0) is 12.7. The average molecular weight is 243 g/mol. The molecule has 1 aromatic rings. The van der Waals surface area contributed by atoms with Gasteiger partial charge in [0.05, 0.1) is 14.4 Å². The van der Waals surface area contributed by atoms with Gasteiger partial charge in [-0.1, -0.05) is 6.07 Å². The smallest absolute Gasteiger partial charge is 0.320 e. The van der Waals surface area contributed by atoms with Crippen LogP contribution in [0, 0.1) is 0 Å². The molecule has 0 bridgehead atoms. The summed E-state index contributed by atoms with van der Waals surface area (Å²) in [7, 11) is 5.67. The van der Waals surface area contributed by atoms with Gasteiger partial charge >= 0.3 is 6.03 Å². The summed E-state index contributed by atoms with van der Waals surface area (Å²) >= 11 is 0. The van der Waals surface area contributed by atoms with Crippen LogP contribution in [0.25, 0.3) is 0 Å². The number of carbonyl (C=O) groups is 1. The molecule has 92 valence electrons. The maximum Gasteiger partial charge on any atom is 0.320 e. The van der Waals surface area contributed by atoms with Crippen molar-refractivity contribution in [3.63, 3.8) is 0 Å². The van der Waals surface area contributed by atoms with Gasteiger partial charge in [0, 0.05) is 31.4 Å². The number of carbonyl (C=O) groups excluding carboxylic acids is 1. The molecule has 0 aromatic carbocycles. The Hall–Kier alpha value is -1.72. The van der Waals surface area contributed by atoms with E-state index in [9.17, 15) is 9.59 Å². The second-order valence-electron chi connectivity index (χ2n) is 4.95. The SMILES string of the molecule is [B]C1CN(C(=O)N2CCc3ccc(=O)[nH]c3C2)C1. The molecule has 1 aromatic heterocycles. The van der Waals surface area contributed by atoms with E-state index in [1.165, 1.54) is 6.07 Å². The molecule has 2 aliphatic heterocycles. The predicted octanol–water partition coefficient (Wildman–Crippen LogP) is 0.126. The summed E-state index contributed by atoms with van der Waals surface area (Å²) in [5, 5.41) is 0. The number of urea groups is 1.